The van der Waals surface area contributed by atoms with E-state index in [9.17, 15) is 4.79 Å². The minimum Gasteiger partial charge on any atom is -0.488 e. The first-order valence-electron chi connectivity index (χ1n) is 9.61. The maximum atomic E-state index is 12.4. The quantitative estimate of drug-likeness (QED) is 0.495. The van der Waals surface area contributed by atoms with Gasteiger partial charge in [-0.25, -0.2) is 4.98 Å². The fourth-order valence-corrected chi connectivity index (χ4v) is 4.31. The van der Waals surface area contributed by atoms with Gasteiger partial charge in [-0.3, -0.25) is 4.79 Å². The van der Waals surface area contributed by atoms with E-state index in [4.69, 9.17) is 32.7 Å². The first-order chi connectivity index (χ1) is 14.6. The maximum Gasteiger partial charge on any atom is 0.270 e. The lowest BCUT2D eigenvalue weighted by Crippen LogP contribution is -2.31. The summed E-state index contributed by atoms with van der Waals surface area (Å²) in [5.41, 5.74) is 2.14. The van der Waals surface area contributed by atoms with Crippen LogP contribution >= 0.6 is 34.5 Å². The van der Waals surface area contributed by atoms with E-state index in [0.717, 1.165) is 35.6 Å². The first-order valence-corrected chi connectivity index (χ1v) is 11.2. The highest BCUT2D eigenvalue weighted by Gasteiger charge is 2.19. The van der Waals surface area contributed by atoms with Crippen LogP contribution in [0.4, 0.5) is 0 Å². The van der Waals surface area contributed by atoms with Crippen LogP contribution in [-0.2, 0) is 11.3 Å². The number of carbonyl (C=O) groups is 1. The van der Waals surface area contributed by atoms with Crippen LogP contribution in [0.2, 0.25) is 10.0 Å². The standard InChI is InChI=1S/C22H20Cl2N2O3S/c23-17-8-7-14(10-18(17)24)12-29-20-6-2-1-5-16(20)22-26-19(13-30-22)21(27)25-11-15-4-3-9-28-15/h1-2,5-8,10,13,15H,3-4,9,11-12H2,(H,25,27). The van der Waals surface area contributed by atoms with E-state index in [2.05, 4.69) is 10.3 Å². The minimum absolute atomic E-state index is 0.0996. The van der Waals surface area contributed by atoms with Crippen molar-refractivity contribution in [3.8, 4) is 16.3 Å². The van der Waals surface area contributed by atoms with E-state index in [-0.39, 0.29) is 12.0 Å². The van der Waals surface area contributed by atoms with Gasteiger partial charge >= 0.3 is 0 Å². The second-order valence-electron chi connectivity index (χ2n) is 6.92. The van der Waals surface area contributed by atoms with Crippen molar-refractivity contribution >= 4 is 40.4 Å². The lowest BCUT2D eigenvalue weighted by Gasteiger charge is -2.11. The van der Waals surface area contributed by atoms with E-state index < -0.39 is 0 Å². The summed E-state index contributed by atoms with van der Waals surface area (Å²) in [6.45, 7) is 1.61. The Morgan fingerprint density at radius 3 is 2.90 bits per heavy atom. The molecule has 0 radical (unpaired) electrons. The number of nitrogens with zero attached hydrogens (tertiary/aromatic N) is 1. The number of aromatic nitrogens is 1. The largest absolute Gasteiger partial charge is 0.488 e. The van der Waals surface area contributed by atoms with Gasteiger partial charge in [0, 0.05) is 18.5 Å². The van der Waals surface area contributed by atoms with Crippen molar-refractivity contribution in [3.05, 3.63) is 69.1 Å². The topological polar surface area (TPSA) is 60.5 Å². The maximum absolute atomic E-state index is 12.4. The molecule has 1 aromatic heterocycles. The molecule has 4 rings (SSSR count). The highest BCUT2D eigenvalue weighted by molar-refractivity contribution is 7.13. The molecule has 0 spiro atoms. The van der Waals surface area contributed by atoms with E-state index in [0.29, 0.717) is 34.6 Å². The molecule has 1 aliphatic heterocycles. The molecule has 0 saturated carbocycles. The average Bonchev–Trinajstić information content (AvgIpc) is 3.45. The van der Waals surface area contributed by atoms with Gasteiger partial charge < -0.3 is 14.8 Å². The molecule has 1 atom stereocenters. The number of hydrogen-bond donors (Lipinski definition) is 1. The molecule has 3 aromatic rings. The van der Waals surface area contributed by atoms with Crippen molar-refractivity contribution in [1.82, 2.24) is 10.3 Å². The molecule has 1 saturated heterocycles. The second kappa shape index (κ2) is 9.79. The van der Waals surface area contributed by atoms with Gasteiger partial charge in [0.1, 0.15) is 23.1 Å². The minimum atomic E-state index is -0.192. The fraction of sp³-hybridized carbons (Fsp3) is 0.273. The average molecular weight is 463 g/mol. The fourth-order valence-electron chi connectivity index (χ4n) is 3.16. The molecular formula is C22H20Cl2N2O3S. The van der Waals surface area contributed by atoms with Crippen LogP contribution in [0.15, 0.2) is 47.8 Å². The Balaban J connectivity index is 1.44. The summed E-state index contributed by atoms with van der Waals surface area (Å²) in [6.07, 6.45) is 2.12. The number of thiazole rings is 1. The zero-order valence-corrected chi connectivity index (χ0v) is 18.4. The molecule has 8 heteroatoms. The molecule has 156 valence electrons. The molecule has 1 amide bonds. The number of carbonyl (C=O) groups excluding carboxylic acids is 1. The Hall–Kier alpha value is -2.12. The van der Waals surface area contributed by atoms with Gasteiger partial charge in [-0.2, -0.15) is 0 Å². The van der Waals surface area contributed by atoms with Gasteiger partial charge in [0.15, 0.2) is 0 Å². The lowest BCUT2D eigenvalue weighted by molar-refractivity contribution is 0.0854. The Morgan fingerprint density at radius 1 is 1.23 bits per heavy atom. The van der Waals surface area contributed by atoms with E-state index in [1.807, 2.05) is 30.3 Å². The number of para-hydroxylation sites is 1. The Morgan fingerprint density at radius 2 is 2.10 bits per heavy atom. The van der Waals surface area contributed by atoms with Gasteiger partial charge in [0.2, 0.25) is 0 Å². The molecule has 0 bridgehead atoms. The summed E-state index contributed by atoms with van der Waals surface area (Å²) in [6, 6.07) is 13.0. The number of ether oxygens (including phenoxy) is 2. The van der Waals surface area contributed by atoms with Gasteiger partial charge in [-0.05, 0) is 42.7 Å². The van der Waals surface area contributed by atoms with Crippen LogP contribution in [0.25, 0.3) is 10.6 Å². The molecule has 5 nitrogen and oxygen atoms in total. The number of rotatable bonds is 7. The Labute approximate surface area is 188 Å². The molecule has 1 unspecified atom stereocenters. The molecule has 0 aliphatic carbocycles. The van der Waals surface area contributed by atoms with E-state index in [1.54, 1.807) is 17.5 Å². The van der Waals surface area contributed by atoms with Crippen molar-refractivity contribution in [3.63, 3.8) is 0 Å². The van der Waals surface area contributed by atoms with Gasteiger partial charge in [-0.15, -0.1) is 11.3 Å². The van der Waals surface area contributed by atoms with Crippen molar-refractivity contribution in [1.29, 1.82) is 0 Å². The van der Waals surface area contributed by atoms with E-state index in [1.165, 1.54) is 11.3 Å². The Kier molecular flexibility index (Phi) is 6.89. The zero-order chi connectivity index (χ0) is 20.9. The van der Waals surface area contributed by atoms with Crippen molar-refractivity contribution in [2.24, 2.45) is 0 Å². The summed E-state index contributed by atoms with van der Waals surface area (Å²) in [5.74, 6) is 0.492. The molecule has 1 N–H and O–H groups in total. The molecule has 30 heavy (non-hydrogen) atoms. The third-order valence-electron chi connectivity index (χ3n) is 4.75. The Bertz CT molecular complexity index is 1030. The smallest absolute Gasteiger partial charge is 0.270 e. The van der Waals surface area contributed by atoms with Crippen LogP contribution in [0.1, 0.15) is 28.9 Å². The molecule has 2 aromatic carbocycles. The van der Waals surface area contributed by atoms with Crippen molar-refractivity contribution in [2.45, 2.75) is 25.6 Å². The SMILES string of the molecule is O=C(NCC1CCCO1)c1csc(-c2ccccc2OCc2ccc(Cl)c(Cl)c2)n1. The third-order valence-corrected chi connectivity index (χ3v) is 6.36. The third kappa shape index (κ3) is 5.13. The number of hydrogen-bond acceptors (Lipinski definition) is 5. The summed E-state index contributed by atoms with van der Waals surface area (Å²) < 4.78 is 11.5. The summed E-state index contributed by atoms with van der Waals surface area (Å²) in [4.78, 5) is 16.9. The van der Waals surface area contributed by atoms with Crippen LogP contribution in [0, 0.1) is 0 Å². The first kappa shape index (κ1) is 21.1. The van der Waals surface area contributed by atoms with Crippen LogP contribution in [-0.4, -0.2) is 30.1 Å². The monoisotopic (exact) mass is 462 g/mol. The van der Waals surface area contributed by atoms with Crippen LogP contribution in [0.5, 0.6) is 5.75 Å². The lowest BCUT2D eigenvalue weighted by atomic mass is 10.2. The van der Waals surface area contributed by atoms with Gasteiger partial charge in [-0.1, -0.05) is 41.4 Å². The number of benzene rings is 2. The number of halogens is 2. The number of amides is 1. The predicted octanol–water partition coefficient (Wildman–Crippen LogP) is 5.60. The molecule has 1 aliphatic rings. The van der Waals surface area contributed by atoms with Crippen molar-refractivity contribution < 1.29 is 14.3 Å². The van der Waals surface area contributed by atoms with E-state index >= 15 is 0 Å². The summed E-state index contributed by atoms with van der Waals surface area (Å²) in [5, 5.41) is 6.39. The van der Waals surface area contributed by atoms with Gasteiger partial charge in [0.05, 0.1) is 21.7 Å². The molecule has 1 fully saturated rings. The van der Waals surface area contributed by atoms with Crippen LogP contribution < -0.4 is 10.1 Å². The van der Waals surface area contributed by atoms with Crippen molar-refractivity contribution in [2.75, 3.05) is 13.2 Å². The normalized spacial score (nSPS) is 15.9. The molecular weight excluding hydrogens is 443 g/mol. The van der Waals surface area contributed by atoms with Gasteiger partial charge in [0.25, 0.3) is 5.91 Å². The second-order valence-corrected chi connectivity index (χ2v) is 8.59. The number of nitrogens with one attached hydrogen (secondary N) is 1. The molecule has 2 heterocycles. The zero-order valence-electron chi connectivity index (χ0n) is 16.1. The summed E-state index contributed by atoms with van der Waals surface area (Å²) in [7, 11) is 0. The highest BCUT2D eigenvalue weighted by Crippen LogP contribution is 2.33. The predicted molar refractivity (Wildman–Crippen MR) is 120 cm³/mol. The summed E-state index contributed by atoms with van der Waals surface area (Å²) >= 11 is 13.5. The van der Waals surface area contributed by atoms with Crippen LogP contribution in [0.3, 0.4) is 0 Å². The highest BCUT2D eigenvalue weighted by atomic mass is 35.5.